The van der Waals surface area contributed by atoms with Crippen molar-refractivity contribution >= 4 is 46.3 Å². The maximum Gasteiger partial charge on any atom is 0.293 e. The van der Waals surface area contributed by atoms with Crippen LogP contribution in [0.5, 0.6) is 5.75 Å². The average molecular weight is 377 g/mol. The molecule has 2 amide bonds. The highest BCUT2D eigenvalue weighted by Gasteiger charge is 2.34. The molecule has 0 atom stereocenters. The van der Waals surface area contributed by atoms with Gasteiger partial charge in [0.05, 0.1) is 12.0 Å². The van der Waals surface area contributed by atoms with Crippen molar-refractivity contribution < 1.29 is 14.3 Å². The van der Waals surface area contributed by atoms with Crippen LogP contribution in [-0.4, -0.2) is 47.4 Å². The van der Waals surface area contributed by atoms with E-state index in [1.54, 1.807) is 13.2 Å². The summed E-state index contributed by atoms with van der Waals surface area (Å²) >= 11 is 6.12. The number of rotatable bonds is 6. The van der Waals surface area contributed by atoms with Crippen molar-refractivity contribution in [3.63, 3.8) is 0 Å². The summed E-state index contributed by atoms with van der Waals surface area (Å²) in [4.78, 5) is 26.2. The second kappa shape index (κ2) is 7.88. The fourth-order valence-corrected chi connectivity index (χ4v) is 3.42. The molecule has 1 saturated carbocycles. The predicted molar refractivity (Wildman–Crippen MR) is 102 cm³/mol. The zero-order valence-electron chi connectivity index (χ0n) is 13.8. The molecule has 1 aliphatic carbocycles. The van der Waals surface area contributed by atoms with Gasteiger partial charge >= 0.3 is 0 Å². The Labute approximate surface area is 156 Å². The lowest BCUT2D eigenvalue weighted by atomic mass is 10.2. The van der Waals surface area contributed by atoms with Gasteiger partial charge in [0.2, 0.25) is 0 Å². The van der Waals surface area contributed by atoms with Crippen LogP contribution in [0.1, 0.15) is 18.4 Å². The standard InChI is InChI=1S/C17H19N3O3S2/c1-23-13-6-2-11(3-7-13)10-14-15(21)20(17(22)25-14)9-8-18-16(24)19-12-4-5-12/h2-3,6-7,10,12H,4-5,8-9H2,1H3,(H2,18,19,24)/b14-10-. The number of benzene rings is 1. The van der Waals surface area contributed by atoms with Gasteiger partial charge in [-0.2, -0.15) is 0 Å². The number of imide groups is 1. The molecule has 0 bridgehead atoms. The lowest BCUT2D eigenvalue weighted by molar-refractivity contribution is -0.122. The fraction of sp³-hybridized carbons (Fsp3) is 0.353. The zero-order chi connectivity index (χ0) is 17.8. The van der Waals surface area contributed by atoms with Gasteiger partial charge in [0.15, 0.2) is 5.11 Å². The highest BCUT2D eigenvalue weighted by Crippen LogP contribution is 2.32. The van der Waals surface area contributed by atoms with Crippen LogP contribution in [0.15, 0.2) is 29.2 Å². The third kappa shape index (κ3) is 4.73. The molecule has 2 N–H and O–H groups in total. The number of carbonyl (C=O) groups excluding carboxylic acids is 2. The van der Waals surface area contributed by atoms with E-state index < -0.39 is 0 Å². The maximum atomic E-state index is 12.4. The normalized spacial score (nSPS) is 18.6. The van der Waals surface area contributed by atoms with Crippen LogP contribution in [0.4, 0.5) is 4.79 Å². The van der Waals surface area contributed by atoms with Crippen LogP contribution in [0.25, 0.3) is 6.08 Å². The molecule has 1 saturated heterocycles. The molecule has 1 aliphatic heterocycles. The number of thioether (sulfide) groups is 1. The molecule has 0 radical (unpaired) electrons. The Hall–Kier alpha value is -2.06. The molecule has 1 aromatic rings. The first-order valence-corrected chi connectivity index (χ1v) is 9.23. The van der Waals surface area contributed by atoms with Crippen molar-refractivity contribution in [2.45, 2.75) is 18.9 Å². The van der Waals surface area contributed by atoms with Crippen molar-refractivity contribution in [3.05, 3.63) is 34.7 Å². The molecule has 0 aromatic heterocycles. The van der Waals surface area contributed by atoms with E-state index in [0.717, 1.165) is 35.9 Å². The van der Waals surface area contributed by atoms with Crippen LogP contribution in [0.3, 0.4) is 0 Å². The van der Waals surface area contributed by atoms with Gasteiger partial charge in [0.1, 0.15) is 5.75 Å². The molecule has 6 nitrogen and oxygen atoms in total. The first-order chi connectivity index (χ1) is 12.1. The SMILES string of the molecule is COc1ccc(/C=C2\SC(=O)N(CCNC(=S)NC3CC3)C2=O)cc1. The number of ether oxygens (including phenoxy) is 1. The van der Waals surface area contributed by atoms with Crippen LogP contribution >= 0.6 is 24.0 Å². The lowest BCUT2D eigenvalue weighted by Gasteiger charge is -2.14. The Morgan fingerprint density at radius 1 is 1.36 bits per heavy atom. The molecule has 1 heterocycles. The smallest absolute Gasteiger partial charge is 0.293 e. The fourth-order valence-electron chi connectivity index (χ4n) is 2.29. The third-order valence-electron chi connectivity index (χ3n) is 3.82. The topological polar surface area (TPSA) is 70.7 Å². The molecule has 0 unspecified atom stereocenters. The maximum absolute atomic E-state index is 12.4. The number of carbonyl (C=O) groups is 2. The van der Waals surface area contributed by atoms with Gasteiger partial charge in [-0.25, -0.2) is 0 Å². The monoisotopic (exact) mass is 377 g/mol. The van der Waals surface area contributed by atoms with E-state index in [1.807, 2.05) is 24.3 Å². The molecular formula is C17H19N3O3S2. The summed E-state index contributed by atoms with van der Waals surface area (Å²) in [5, 5.41) is 6.50. The Morgan fingerprint density at radius 2 is 2.08 bits per heavy atom. The first kappa shape index (κ1) is 17.8. The van der Waals surface area contributed by atoms with Crippen molar-refractivity contribution in [1.82, 2.24) is 15.5 Å². The summed E-state index contributed by atoms with van der Waals surface area (Å²) < 4.78 is 5.11. The Bertz CT molecular complexity index is 714. The van der Waals surface area contributed by atoms with Gasteiger partial charge in [0, 0.05) is 19.1 Å². The van der Waals surface area contributed by atoms with Gasteiger partial charge < -0.3 is 15.4 Å². The van der Waals surface area contributed by atoms with Gasteiger partial charge in [-0.05, 0) is 60.6 Å². The summed E-state index contributed by atoms with van der Waals surface area (Å²) in [5.74, 6) is 0.473. The minimum absolute atomic E-state index is 0.257. The minimum atomic E-state index is -0.270. The van der Waals surface area contributed by atoms with E-state index in [0.29, 0.717) is 22.6 Å². The van der Waals surface area contributed by atoms with Gasteiger partial charge in [-0.3, -0.25) is 14.5 Å². The molecule has 1 aromatic carbocycles. The average Bonchev–Trinajstić information content (AvgIpc) is 3.37. The summed E-state index contributed by atoms with van der Waals surface area (Å²) in [6, 6.07) is 7.79. The zero-order valence-corrected chi connectivity index (χ0v) is 15.4. The summed E-state index contributed by atoms with van der Waals surface area (Å²) in [7, 11) is 1.60. The van der Waals surface area contributed by atoms with Gasteiger partial charge in [-0.15, -0.1) is 0 Å². The molecule has 3 rings (SSSR count). The molecule has 8 heteroatoms. The Kier molecular flexibility index (Phi) is 5.60. The van der Waals surface area contributed by atoms with Crippen LogP contribution in [-0.2, 0) is 4.79 Å². The number of methoxy groups -OCH3 is 1. The van der Waals surface area contributed by atoms with Crippen LogP contribution in [0.2, 0.25) is 0 Å². The Balaban J connectivity index is 1.55. The second-order valence-corrected chi connectivity index (χ2v) is 7.18. The Morgan fingerprint density at radius 3 is 2.72 bits per heavy atom. The van der Waals surface area contributed by atoms with E-state index >= 15 is 0 Å². The van der Waals surface area contributed by atoms with E-state index in [4.69, 9.17) is 17.0 Å². The van der Waals surface area contributed by atoms with Crippen molar-refractivity contribution in [1.29, 1.82) is 0 Å². The molecular weight excluding hydrogens is 358 g/mol. The van der Waals surface area contributed by atoms with E-state index in [9.17, 15) is 9.59 Å². The van der Waals surface area contributed by atoms with Crippen molar-refractivity contribution in [3.8, 4) is 5.75 Å². The molecule has 2 aliphatic rings. The van der Waals surface area contributed by atoms with Crippen LogP contribution < -0.4 is 15.4 Å². The molecule has 132 valence electrons. The number of amides is 2. The number of thiocarbonyl (C=S) groups is 1. The lowest BCUT2D eigenvalue weighted by Crippen LogP contribution is -2.42. The molecule has 2 fully saturated rings. The van der Waals surface area contributed by atoms with Gasteiger partial charge in [-0.1, -0.05) is 12.1 Å². The quantitative estimate of drug-likeness (QED) is 0.582. The van der Waals surface area contributed by atoms with E-state index in [-0.39, 0.29) is 17.7 Å². The second-order valence-electron chi connectivity index (χ2n) is 5.78. The number of nitrogens with one attached hydrogen (secondary N) is 2. The highest BCUT2D eigenvalue weighted by molar-refractivity contribution is 8.18. The molecule has 25 heavy (non-hydrogen) atoms. The summed E-state index contributed by atoms with van der Waals surface area (Å²) in [5.41, 5.74) is 0.847. The minimum Gasteiger partial charge on any atom is -0.497 e. The largest absolute Gasteiger partial charge is 0.497 e. The van der Waals surface area contributed by atoms with E-state index in [1.165, 1.54) is 4.90 Å². The molecule has 0 spiro atoms. The summed E-state index contributed by atoms with van der Waals surface area (Å²) in [6.07, 6.45) is 4.00. The van der Waals surface area contributed by atoms with Gasteiger partial charge in [0.25, 0.3) is 11.1 Å². The first-order valence-electron chi connectivity index (χ1n) is 8.00. The predicted octanol–water partition coefficient (Wildman–Crippen LogP) is 2.36. The highest BCUT2D eigenvalue weighted by atomic mass is 32.2. The van der Waals surface area contributed by atoms with E-state index in [2.05, 4.69) is 10.6 Å². The number of hydrogen-bond donors (Lipinski definition) is 2. The number of hydrogen-bond acceptors (Lipinski definition) is 5. The number of nitrogens with zero attached hydrogens (tertiary/aromatic N) is 1. The van der Waals surface area contributed by atoms with Crippen molar-refractivity contribution in [2.24, 2.45) is 0 Å². The third-order valence-corrected chi connectivity index (χ3v) is 4.99. The summed E-state index contributed by atoms with van der Waals surface area (Å²) in [6.45, 7) is 0.726. The van der Waals surface area contributed by atoms with Crippen LogP contribution in [0, 0.1) is 0 Å². The van der Waals surface area contributed by atoms with Crippen molar-refractivity contribution in [2.75, 3.05) is 20.2 Å².